The topological polar surface area (TPSA) is 78.5 Å². The van der Waals surface area contributed by atoms with E-state index in [0.717, 1.165) is 0 Å². The molecule has 2 aliphatic rings. The van der Waals surface area contributed by atoms with Gasteiger partial charge in [0.25, 0.3) is 0 Å². The molecule has 0 spiro atoms. The number of ether oxygens (including phenoxy) is 1. The zero-order chi connectivity index (χ0) is 15.9. The number of benzene rings is 1. The quantitative estimate of drug-likeness (QED) is 0.852. The summed E-state index contributed by atoms with van der Waals surface area (Å²) in [6.07, 6.45) is 4.47. The lowest BCUT2D eigenvalue weighted by molar-refractivity contribution is -0.313. The van der Waals surface area contributed by atoms with Gasteiger partial charge in [-0.05, 0) is 36.5 Å². The lowest BCUT2D eigenvalue weighted by Gasteiger charge is -2.28. The minimum absolute atomic E-state index is 0.0573. The van der Waals surface area contributed by atoms with E-state index in [1.54, 1.807) is 18.2 Å². The molecule has 1 N–H and O–H groups in total. The number of methoxy groups -OCH3 is 1. The van der Waals surface area contributed by atoms with Gasteiger partial charge in [0, 0.05) is 16.9 Å². The predicted molar refractivity (Wildman–Crippen MR) is 79.4 cm³/mol. The van der Waals surface area contributed by atoms with E-state index in [2.05, 4.69) is 5.32 Å². The van der Waals surface area contributed by atoms with Gasteiger partial charge in [0.15, 0.2) is 0 Å². The van der Waals surface area contributed by atoms with Gasteiger partial charge >= 0.3 is 0 Å². The van der Waals surface area contributed by atoms with Gasteiger partial charge in [-0.3, -0.25) is 4.79 Å². The summed E-state index contributed by atoms with van der Waals surface area (Å²) >= 11 is 5.94. The van der Waals surface area contributed by atoms with Crippen LogP contribution in [0.25, 0.3) is 0 Å². The Hall–Kier alpha value is -2.01. The number of amides is 1. The highest BCUT2D eigenvalue weighted by Gasteiger charge is 2.48. The van der Waals surface area contributed by atoms with Gasteiger partial charge in [0.1, 0.15) is 5.75 Å². The Balaban J connectivity index is 1.84. The number of anilines is 1. The molecule has 2 aliphatic carbocycles. The number of carbonyl (C=O) groups excluding carboxylic acids is 2. The highest BCUT2D eigenvalue weighted by Crippen LogP contribution is 2.48. The normalized spacial score (nSPS) is 28.6. The molecule has 0 heterocycles. The molecule has 6 heteroatoms. The second-order valence-electron chi connectivity index (χ2n) is 5.65. The average Bonchev–Trinajstić information content (AvgIpc) is 3.08. The van der Waals surface area contributed by atoms with Crippen molar-refractivity contribution in [3.63, 3.8) is 0 Å². The first-order valence-corrected chi connectivity index (χ1v) is 7.42. The van der Waals surface area contributed by atoms with Crippen LogP contribution in [0, 0.1) is 23.7 Å². The first-order valence-electron chi connectivity index (χ1n) is 7.05. The molecule has 3 rings (SSSR count). The van der Waals surface area contributed by atoms with Crippen LogP contribution >= 0.6 is 11.6 Å². The van der Waals surface area contributed by atoms with Crippen molar-refractivity contribution in [1.29, 1.82) is 0 Å². The van der Waals surface area contributed by atoms with Gasteiger partial charge in [0.05, 0.1) is 18.7 Å². The first kappa shape index (κ1) is 14.9. The molecule has 0 saturated heterocycles. The zero-order valence-electron chi connectivity index (χ0n) is 11.9. The van der Waals surface area contributed by atoms with E-state index in [1.807, 2.05) is 12.2 Å². The number of carbonyl (C=O) groups is 2. The van der Waals surface area contributed by atoms with Crippen molar-refractivity contribution in [2.75, 3.05) is 12.4 Å². The molecule has 5 nitrogen and oxygen atoms in total. The summed E-state index contributed by atoms with van der Waals surface area (Å²) in [4.78, 5) is 23.9. The Bertz CT molecular complexity index is 658. The lowest BCUT2D eigenvalue weighted by atomic mass is 9.82. The molecule has 0 aliphatic heterocycles. The van der Waals surface area contributed by atoms with Crippen molar-refractivity contribution in [1.82, 2.24) is 0 Å². The molecule has 0 unspecified atom stereocenters. The van der Waals surface area contributed by atoms with E-state index in [0.29, 0.717) is 22.9 Å². The Morgan fingerprint density at radius 2 is 1.95 bits per heavy atom. The second kappa shape index (κ2) is 5.65. The third-order valence-corrected chi connectivity index (χ3v) is 4.69. The van der Waals surface area contributed by atoms with Crippen molar-refractivity contribution in [3.05, 3.63) is 35.4 Å². The van der Waals surface area contributed by atoms with E-state index < -0.39 is 17.8 Å². The molecule has 1 saturated carbocycles. The second-order valence-corrected chi connectivity index (χ2v) is 6.09. The van der Waals surface area contributed by atoms with Crippen LogP contribution in [0.2, 0.25) is 5.02 Å². The molecular weight excluding hydrogens is 306 g/mol. The number of hydrogen-bond donors (Lipinski definition) is 1. The van der Waals surface area contributed by atoms with Crippen LogP contribution in [0.4, 0.5) is 5.69 Å². The molecule has 1 aromatic rings. The molecular formula is C16H15ClNO4-. The molecule has 0 radical (unpaired) electrons. The van der Waals surface area contributed by atoms with Crippen LogP contribution in [0.1, 0.15) is 6.42 Å². The van der Waals surface area contributed by atoms with Crippen molar-refractivity contribution < 1.29 is 19.4 Å². The van der Waals surface area contributed by atoms with E-state index in [4.69, 9.17) is 16.3 Å². The monoisotopic (exact) mass is 320 g/mol. The van der Waals surface area contributed by atoms with Gasteiger partial charge in [-0.1, -0.05) is 23.8 Å². The maximum absolute atomic E-state index is 12.6. The van der Waals surface area contributed by atoms with Crippen LogP contribution in [0.5, 0.6) is 5.75 Å². The molecule has 1 aromatic carbocycles. The summed E-state index contributed by atoms with van der Waals surface area (Å²) in [7, 11) is 1.49. The minimum atomic E-state index is -1.17. The number of fused-ring (bicyclic) bond motifs is 2. The van der Waals surface area contributed by atoms with E-state index in [-0.39, 0.29) is 17.7 Å². The molecule has 116 valence electrons. The number of aliphatic carboxylic acids is 1. The van der Waals surface area contributed by atoms with Gasteiger partial charge in [-0.15, -0.1) is 0 Å². The Morgan fingerprint density at radius 1 is 1.27 bits per heavy atom. The number of rotatable bonds is 4. The summed E-state index contributed by atoms with van der Waals surface area (Å²) in [6, 6.07) is 4.88. The van der Waals surface area contributed by atoms with Gasteiger partial charge in [-0.2, -0.15) is 0 Å². The number of carboxylic acid groups (broad SMARTS) is 1. The van der Waals surface area contributed by atoms with E-state index >= 15 is 0 Å². The third-order valence-electron chi connectivity index (χ3n) is 4.45. The average molecular weight is 321 g/mol. The number of halogens is 1. The van der Waals surface area contributed by atoms with Crippen molar-refractivity contribution >= 4 is 29.2 Å². The van der Waals surface area contributed by atoms with Crippen molar-refractivity contribution in [3.8, 4) is 5.75 Å². The highest BCUT2D eigenvalue weighted by atomic mass is 35.5. The smallest absolute Gasteiger partial charge is 0.228 e. The number of carboxylic acids is 1. The first-order chi connectivity index (χ1) is 10.5. The fourth-order valence-corrected chi connectivity index (χ4v) is 3.67. The summed E-state index contributed by atoms with van der Waals surface area (Å²) in [5.74, 6) is -2.61. The SMILES string of the molecule is COc1ccc(Cl)cc1NC(=O)[C@@H]1[C@@H](C(=O)[O-])[C@H]2C=C[C@H]1C2. The number of allylic oxidation sites excluding steroid dienone is 2. The number of nitrogens with one attached hydrogen (secondary N) is 1. The highest BCUT2D eigenvalue weighted by molar-refractivity contribution is 6.31. The largest absolute Gasteiger partial charge is 0.550 e. The molecule has 1 amide bonds. The third kappa shape index (κ3) is 2.46. The molecule has 0 aromatic heterocycles. The Kier molecular flexibility index (Phi) is 3.83. The fourth-order valence-electron chi connectivity index (χ4n) is 3.49. The zero-order valence-corrected chi connectivity index (χ0v) is 12.7. The van der Waals surface area contributed by atoms with Crippen LogP contribution in [0.15, 0.2) is 30.4 Å². The molecule has 1 fully saturated rings. The standard InChI is InChI=1S/C16H16ClNO4/c1-22-12-5-4-10(17)7-11(12)18-15(19)13-8-2-3-9(6-8)14(13)16(20)21/h2-5,7-9,13-14H,6H2,1H3,(H,18,19)(H,20,21)/p-1/t8-,9-,13-,14-/m0/s1. The summed E-state index contributed by atoms with van der Waals surface area (Å²) in [6.45, 7) is 0. The van der Waals surface area contributed by atoms with Gasteiger partial charge in [0.2, 0.25) is 5.91 Å². The van der Waals surface area contributed by atoms with Crippen molar-refractivity contribution in [2.45, 2.75) is 6.42 Å². The van der Waals surface area contributed by atoms with Crippen LogP contribution in [-0.4, -0.2) is 19.0 Å². The Labute approximate surface area is 132 Å². The van der Waals surface area contributed by atoms with Crippen LogP contribution < -0.4 is 15.2 Å². The summed E-state index contributed by atoms with van der Waals surface area (Å²) < 4.78 is 5.18. The molecule has 4 atom stereocenters. The minimum Gasteiger partial charge on any atom is -0.550 e. The predicted octanol–water partition coefficient (Wildman–Crippen LogP) is 1.48. The summed E-state index contributed by atoms with van der Waals surface area (Å²) in [5, 5.41) is 14.6. The molecule has 22 heavy (non-hydrogen) atoms. The van der Waals surface area contributed by atoms with E-state index in [1.165, 1.54) is 7.11 Å². The van der Waals surface area contributed by atoms with Crippen LogP contribution in [0.3, 0.4) is 0 Å². The number of hydrogen-bond acceptors (Lipinski definition) is 4. The van der Waals surface area contributed by atoms with E-state index in [9.17, 15) is 14.7 Å². The van der Waals surface area contributed by atoms with Crippen LogP contribution in [-0.2, 0) is 9.59 Å². The van der Waals surface area contributed by atoms with Gasteiger partial charge in [-0.25, -0.2) is 0 Å². The maximum Gasteiger partial charge on any atom is 0.228 e. The molecule has 2 bridgehead atoms. The van der Waals surface area contributed by atoms with Gasteiger partial charge < -0.3 is 20.0 Å². The maximum atomic E-state index is 12.6. The lowest BCUT2D eigenvalue weighted by Crippen LogP contribution is -2.42. The van der Waals surface area contributed by atoms with Crippen molar-refractivity contribution in [2.24, 2.45) is 23.7 Å². The Morgan fingerprint density at radius 3 is 2.59 bits per heavy atom. The summed E-state index contributed by atoms with van der Waals surface area (Å²) in [5.41, 5.74) is 0.434. The fraction of sp³-hybridized carbons (Fsp3) is 0.375.